The van der Waals surface area contributed by atoms with Crippen LogP contribution in [-0.4, -0.2) is 57.8 Å². The van der Waals surface area contributed by atoms with Crippen molar-refractivity contribution >= 4 is 27.5 Å². The Morgan fingerprint density at radius 2 is 1.81 bits per heavy atom. The van der Waals surface area contributed by atoms with E-state index in [1.807, 2.05) is 38.4 Å². The molecule has 0 bridgehead atoms. The lowest BCUT2D eigenvalue weighted by Crippen LogP contribution is -2.43. The molecule has 1 aliphatic rings. The fourth-order valence-electron chi connectivity index (χ4n) is 3.27. The van der Waals surface area contributed by atoms with Crippen LogP contribution in [0.4, 0.5) is 5.69 Å². The number of morpholine rings is 1. The van der Waals surface area contributed by atoms with E-state index >= 15 is 0 Å². The average molecular weight is 432 g/mol. The van der Waals surface area contributed by atoms with Crippen LogP contribution in [-0.2, 0) is 4.74 Å². The van der Waals surface area contributed by atoms with Gasteiger partial charge in [-0.3, -0.25) is 9.69 Å². The summed E-state index contributed by atoms with van der Waals surface area (Å²) in [6, 6.07) is 16.2. The summed E-state index contributed by atoms with van der Waals surface area (Å²) in [5, 5.41) is 3.11. The highest BCUT2D eigenvalue weighted by Crippen LogP contribution is 2.24. The quantitative estimate of drug-likeness (QED) is 0.761. The molecular weight excluding hydrogens is 406 g/mol. The van der Waals surface area contributed by atoms with Crippen LogP contribution < -0.4 is 10.2 Å². The molecule has 1 aliphatic heterocycles. The molecular formula is C21H26BrN3O2. The Morgan fingerprint density at radius 3 is 2.44 bits per heavy atom. The van der Waals surface area contributed by atoms with Gasteiger partial charge in [-0.1, -0.05) is 24.3 Å². The van der Waals surface area contributed by atoms with Crippen molar-refractivity contribution in [2.75, 3.05) is 51.8 Å². The van der Waals surface area contributed by atoms with E-state index in [2.05, 4.69) is 55.3 Å². The molecule has 1 N–H and O–H groups in total. The van der Waals surface area contributed by atoms with Crippen molar-refractivity contribution in [3.8, 4) is 0 Å². The molecule has 1 heterocycles. The predicted molar refractivity (Wildman–Crippen MR) is 112 cm³/mol. The summed E-state index contributed by atoms with van der Waals surface area (Å²) in [6.07, 6.45) is 0. The second-order valence-corrected chi connectivity index (χ2v) is 7.69. The maximum absolute atomic E-state index is 12.6. The van der Waals surface area contributed by atoms with E-state index < -0.39 is 0 Å². The molecule has 0 spiro atoms. The monoisotopic (exact) mass is 431 g/mol. The number of hydrogen-bond donors (Lipinski definition) is 1. The molecule has 2 aromatic rings. The summed E-state index contributed by atoms with van der Waals surface area (Å²) in [5.41, 5.74) is 3.02. The van der Waals surface area contributed by atoms with E-state index in [4.69, 9.17) is 4.74 Å². The lowest BCUT2D eigenvalue weighted by atomic mass is 10.0. The van der Waals surface area contributed by atoms with Crippen molar-refractivity contribution in [1.29, 1.82) is 0 Å². The van der Waals surface area contributed by atoms with E-state index in [9.17, 15) is 4.79 Å². The van der Waals surface area contributed by atoms with Crippen LogP contribution in [0, 0.1) is 0 Å². The van der Waals surface area contributed by atoms with Crippen molar-refractivity contribution in [3.63, 3.8) is 0 Å². The molecule has 0 saturated carbocycles. The highest BCUT2D eigenvalue weighted by atomic mass is 79.9. The van der Waals surface area contributed by atoms with Crippen molar-refractivity contribution in [2.24, 2.45) is 0 Å². The third-order valence-electron chi connectivity index (χ3n) is 4.86. The third-order valence-corrected chi connectivity index (χ3v) is 5.55. The smallest absolute Gasteiger partial charge is 0.252 e. The Hall–Kier alpha value is -1.89. The number of rotatable bonds is 6. The van der Waals surface area contributed by atoms with Gasteiger partial charge in [0.2, 0.25) is 0 Å². The molecule has 0 aromatic heterocycles. The largest absolute Gasteiger partial charge is 0.379 e. The van der Waals surface area contributed by atoms with Gasteiger partial charge in [-0.05, 0) is 45.8 Å². The molecule has 2 aromatic carbocycles. The normalized spacial score (nSPS) is 16.0. The van der Waals surface area contributed by atoms with Crippen LogP contribution in [0.2, 0.25) is 0 Å². The van der Waals surface area contributed by atoms with Crippen molar-refractivity contribution in [2.45, 2.75) is 6.04 Å². The Morgan fingerprint density at radius 1 is 1.15 bits per heavy atom. The summed E-state index contributed by atoms with van der Waals surface area (Å²) < 4.78 is 6.31. The number of carbonyl (C=O) groups excluding carboxylic acids is 1. The Balaban J connectivity index is 1.75. The van der Waals surface area contributed by atoms with Crippen molar-refractivity contribution < 1.29 is 9.53 Å². The minimum absolute atomic E-state index is 0.0642. The summed E-state index contributed by atoms with van der Waals surface area (Å²) in [7, 11) is 4.07. The van der Waals surface area contributed by atoms with Gasteiger partial charge >= 0.3 is 0 Å². The second kappa shape index (κ2) is 9.35. The second-order valence-electron chi connectivity index (χ2n) is 6.84. The van der Waals surface area contributed by atoms with Gasteiger partial charge in [0.05, 0.1) is 24.8 Å². The molecule has 1 atom stereocenters. The standard InChI is InChI=1S/C21H26BrN3O2/c1-24(2)17-9-7-16(8-10-17)20(25-11-13-27-14-12-25)15-23-21(26)18-5-3-4-6-19(18)22/h3-10,20H,11-15H2,1-2H3,(H,23,26). The van der Waals surface area contributed by atoms with Gasteiger partial charge in [-0.2, -0.15) is 0 Å². The first kappa shape index (κ1) is 19.9. The van der Waals surface area contributed by atoms with Gasteiger partial charge in [0, 0.05) is 43.9 Å². The van der Waals surface area contributed by atoms with E-state index in [0.717, 1.165) is 36.5 Å². The maximum atomic E-state index is 12.6. The lowest BCUT2D eigenvalue weighted by Gasteiger charge is -2.35. The van der Waals surface area contributed by atoms with Crippen LogP contribution in [0.15, 0.2) is 53.0 Å². The average Bonchev–Trinajstić information content (AvgIpc) is 2.69. The first-order valence-corrected chi connectivity index (χ1v) is 9.97. The van der Waals surface area contributed by atoms with Gasteiger partial charge in [0.15, 0.2) is 0 Å². The van der Waals surface area contributed by atoms with Crippen LogP contribution in [0.3, 0.4) is 0 Å². The van der Waals surface area contributed by atoms with Crippen molar-refractivity contribution in [1.82, 2.24) is 10.2 Å². The third kappa shape index (κ3) is 5.09. The molecule has 6 heteroatoms. The minimum Gasteiger partial charge on any atom is -0.379 e. The Kier molecular flexibility index (Phi) is 6.88. The lowest BCUT2D eigenvalue weighted by molar-refractivity contribution is 0.0162. The van der Waals surface area contributed by atoms with Gasteiger partial charge in [0.1, 0.15) is 0 Å². The van der Waals surface area contributed by atoms with Crippen LogP contribution in [0.1, 0.15) is 22.0 Å². The molecule has 144 valence electrons. The van der Waals surface area contributed by atoms with Crippen LogP contribution in [0.25, 0.3) is 0 Å². The molecule has 1 unspecified atom stereocenters. The molecule has 3 rings (SSSR count). The SMILES string of the molecule is CN(C)c1ccc(C(CNC(=O)c2ccccc2Br)N2CCOCC2)cc1. The summed E-state index contributed by atoms with van der Waals surface area (Å²) in [6.45, 7) is 3.74. The topological polar surface area (TPSA) is 44.8 Å². The summed E-state index contributed by atoms with van der Waals surface area (Å²) in [4.78, 5) is 17.1. The highest BCUT2D eigenvalue weighted by Gasteiger charge is 2.23. The number of carbonyl (C=O) groups is 1. The van der Waals surface area contributed by atoms with Crippen LogP contribution >= 0.6 is 15.9 Å². The zero-order valence-electron chi connectivity index (χ0n) is 15.8. The Bertz CT molecular complexity index is 758. The van der Waals surface area contributed by atoms with Crippen LogP contribution in [0.5, 0.6) is 0 Å². The molecule has 5 nitrogen and oxygen atoms in total. The van der Waals surface area contributed by atoms with Crippen molar-refractivity contribution in [3.05, 3.63) is 64.1 Å². The Labute approximate surface area is 169 Å². The summed E-state index contributed by atoms with van der Waals surface area (Å²) in [5.74, 6) is -0.0642. The number of halogens is 1. The number of hydrogen-bond acceptors (Lipinski definition) is 4. The van der Waals surface area contributed by atoms with Gasteiger partial charge in [0.25, 0.3) is 5.91 Å². The molecule has 1 fully saturated rings. The van der Waals surface area contributed by atoms with E-state index in [1.165, 1.54) is 5.56 Å². The van der Waals surface area contributed by atoms with E-state index in [1.54, 1.807) is 0 Å². The zero-order chi connectivity index (χ0) is 19.2. The summed E-state index contributed by atoms with van der Waals surface area (Å²) >= 11 is 3.45. The zero-order valence-corrected chi connectivity index (χ0v) is 17.4. The number of nitrogens with one attached hydrogen (secondary N) is 1. The number of benzene rings is 2. The number of anilines is 1. The van der Waals surface area contributed by atoms with Gasteiger partial charge < -0.3 is 15.0 Å². The van der Waals surface area contributed by atoms with E-state index in [-0.39, 0.29) is 11.9 Å². The molecule has 0 radical (unpaired) electrons. The fourth-order valence-corrected chi connectivity index (χ4v) is 3.74. The van der Waals surface area contributed by atoms with Gasteiger partial charge in [-0.25, -0.2) is 0 Å². The van der Waals surface area contributed by atoms with Gasteiger partial charge in [-0.15, -0.1) is 0 Å². The molecule has 0 aliphatic carbocycles. The maximum Gasteiger partial charge on any atom is 0.252 e. The first-order chi connectivity index (χ1) is 13.1. The van der Waals surface area contributed by atoms with E-state index in [0.29, 0.717) is 12.1 Å². The number of ether oxygens (including phenoxy) is 1. The predicted octanol–water partition coefficient (Wildman–Crippen LogP) is 3.32. The minimum atomic E-state index is -0.0642. The molecule has 1 amide bonds. The fraction of sp³-hybridized carbons (Fsp3) is 0.381. The molecule has 27 heavy (non-hydrogen) atoms. The first-order valence-electron chi connectivity index (χ1n) is 9.18. The highest BCUT2D eigenvalue weighted by molar-refractivity contribution is 9.10. The number of nitrogens with zero attached hydrogens (tertiary/aromatic N) is 2. The number of amides is 1. The molecule has 1 saturated heterocycles.